The molecule has 0 aliphatic carbocycles. The lowest BCUT2D eigenvalue weighted by Gasteiger charge is -2.11. The van der Waals surface area contributed by atoms with E-state index in [9.17, 15) is 20.0 Å². The summed E-state index contributed by atoms with van der Waals surface area (Å²) in [5, 5.41) is 22.3. The van der Waals surface area contributed by atoms with Crippen molar-refractivity contribution in [2.75, 3.05) is 19.0 Å². The summed E-state index contributed by atoms with van der Waals surface area (Å²) in [6.45, 7) is 0.0274. The monoisotopic (exact) mass is 255 g/mol. The molecule has 98 valence electrons. The van der Waals surface area contributed by atoms with E-state index in [1.54, 1.807) is 0 Å². The van der Waals surface area contributed by atoms with Gasteiger partial charge in [0.25, 0.3) is 5.69 Å². The van der Waals surface area contributed by atoms with Gasteiger partial charge in [0, 0.05) is 13.2 Å². The number of aromatic hydroxyl groups is 1. The minimum Gasteiger partial charge on any atom is -0.506 e. The van der Waals surface area contributed by atoms with Crippen LogP contribution in [-0.2, 0) is 9.53 Å². The van der Waals surface area contributed by atoms with Gasteiger partial charge in [-0.2, -0.15) is 0 Å². The zero-order chi connectivity index (χ0) is 13.7. The summed E-state index contributed by atoms with van der Waals surface area (Å²) in [4.78, 5) is 21.3. The number of carbonyl (C=O) groups excluding carboxylic acids is 1. The fourth-order valence-corrected chi connectivity index (χ4v) is 1.22. The molecule has 18 heavy (non-hydrogen) atoms. The largest absolute Gasteiger partial charge is 0.506 e. The van der Waals surface area contributed by atoms with Crippen molar-refractivity contribution in [3.63, 3.8) is 0 Å². The lowest BCUT2D eigenvalue weighted by Crippen LogP contribution is -2.39. The highest BCUT2D eigenvalue weighted by Crippen LogP contribution is 2.27. The summed E-state index contributed by atoms with van der Waals surface area (Å²) in [6, 6.07) is 2.45. The number of anilines is 1. The second-order valence-corrected chi connectivity index (χ2v) is 3.51. The number of benzene rings is 1. The summed E-state index contributed by atoms with van der Waals surface area (Å²) in [6.07, 6.45) is 0. The van der Waals surface area contributed by atoms with Crippen LogP contribution in [0.25, 0.3) is 0 Å². The number of nitro groups is 1. The highest BCUT2D eigenvalue weighted by atomic mass is 16.6. The predicted molar refractivity (Wildman–Crippen MR) is 63.2 cm³/mol. The summed E-state index contributed by atoms with van der Waals surface area (Å²) < 4.78 is 4.71. The molecule has 0 radical (unpaired) electrons. The molecular formula is C10H13N3O5. The van der Waals surface area contributed by atoms with Gasteiger partial charge in [-0.3, -0.25) is 14.9 Å². The molecule has 1 aromatic carbocycles. The summed E-state index contributed by atoms with van der Waals surface area (Å²) >= 11 is 0. The second kappa shape index (κ2) is 5.94. The molecule has 0 fully saturated rings. The minimum atomic E-state index is -0.885. The highest BCUT2D eigenvalue weighted by molar-refractivity contribution is 5.96. The first-order chi connectivity index (χ1) is 8.45. The van der Waals surface area contributed by atoms with Gasteiger partial charge in [-0.15, -0.1) is 0 Å². The van der Waals surface area contributed by atoms with Crippen molar-refractivity contribution < 1.29 is 19.6 Å². The van der Waals surface area contributed by atoms with Gasteiger partial charge in [0.2, 0.25) is 5.91 Å². The quantitative estimate of drug-likeness (QED) is 0.392. The molecule has 1 amide bonds. The zero-order valence-corrected chi connectivity index (χ0v) is 9.62. The Labute approximate surface area is 103 Å². The van der Waals surface area contributed by atoms with Crippen molar-refractivity contribution in [3.05, 3.63) is 28.3 Å². The van der Waals surface area contributed by atoms with Crippen LogP contribution in [0.15, 0.2) is 18.2 Å². The zero-order valence-electron chi connectivity index (χ0n) is 9.62. The second-order valence-electron chi connectivity index (χ2n) is 3.51. The van der Waals surface area contributed by atoms with Crippen molar-refractivity contribution in [3.8, 4) is 5.75 Å². The Bertz CT molecular complexity index is 463. The Morgan fingerprint density at radius 2 is 2.33 bits per heavy atom. The van der Waals surface area contributed by atoms with E-state index in [0.29, 0.717) is 0 Å². The normalized spacial score (nSPS) is 11.9. The molecule has 0 saturated heterocycles. The Kier molecular flexibility index (Phi) is 4.58. The van der Waals surface area contributed by atoms with Crippen molar-refractivity contribution in [1.29, 1.82) is 0 Å². The van der Waals surface area contributed by atoms with Crippen molar-refractivity contribution >= 4 is 17.3 Å². The molecule has 8 heteroatoms. The fourth-order valence-electron chi connectivity index (χ4n) is 1.22. The van der Waals surface area contributed by atoms with Crippen molar-refractivity contribution in [1.82, 2.24) is 0 Å². The van der Waals surface area contributed by atoms with Crippen LogP contribution in [-0.4, -0.2) is 35.7 Å². The maximum absolute atomic E-state index is 11.5. The molecule has 1 unspecified atom stereocenters. The van der Waals surface area contributed by atoms with Crippen LogP contribution in [0.2, 0.25) is 0 Å². The Hall–Kier alpha value is -2.19. The van der Waals surface area contributed by atoms with Gasteiger partial charge < -0.3 is 20.9 Å². The molecule has 0 aliphatic rings. The number of phenols is 1. The first-order valence-corrected chi connectivity index (χ1v) is 4.98. The van der Waals surface area contributed by atoms with Gasteiger partial charge in [-0.25, -0.2) is 0 Å². The fraction of sp³-hybridized carbons (Fsp3) is 0.300. The number of nitro benzene ring substituents is 1. The van der Waals surface area contributed by atoms with E-state index in [1.807, 2.05) is 0 Å². The molecule has 0 bridgehead atoms. The highest BCUT2D eigenvalue weighted by Gasteiger charge is 2.16. The molecule has 0 saturated carbocycles. The van der Waals surface area contributed by atoms with Crippen LogP contribution < -0.4 is 11.1 Å². The number of hydrogen-bond acceptors (Lipinski definition) is 6. The molecule has 4 N–H and O–H groups in total. The van der Waals surface area contributed by atoms with Crippen molar-refractivity contribution in [2.24, 2.45) is 5.73 Å². The molecule has 0 spiro atoms. The summed E-state index contributed by atoms with van der Waals surface area (Å²) in [7, 11) is 1.40. The van der Waals surface area contributed by atoms with E-state index in [2.05, 4.69) is 5.32 Å². The minimum absolute atomic E-state index is 0.0274. The molecule has 0 aromatic heterocycles. The maximum Gasteiger partial charge on any atom is 0.273 e. The van der Waals surface area contributed by atoms with Gasteiger partial charge in [0.15, 0.2) is 0 Å². The third kappa shape index (κ3) is 3.40. The molecule has 0 heterocycles. The standard InChI is InChI=1S/C10H13N3O5/c1-18-5-7(11)10(15)12-8-3-2-6(13(16)17)4-9(8)14/h2-4,7,14H,5,11H2,1H3,(H,12,15). The number of amides is 1. The third-order valence-electron chi connectivity index (χ3n) is 2.13. The summed E-state index contributed by atoms with van der Waals surface area (Å²) in [5.74, 6) is -0.955. The van der Waals surface area contributed by atoms with E-state index in [-0.39, 0.29) is 18.0 Å². The number of ether oxygens (including phenoxy) is 1. The van der Waals surface area contributed by atoms with Crippen LogP contribution in [0, 0.1) is 10.1 Å². The third-order valence-corrected chi connectivity index (χ3v) is 2.13. The molecule has 1 rings (SSSR count). The van der Waals surface area contributed by atoms with E-state index in [4.69, 9.17) is 10.5 Å². The smallest absolute Gasteiger partial charge is 0.273 e. The number of nitrogens with one attached hydrogen (secondary N) is 1. The Morgan fingerprint density at radius 3 is 2.83 bits per heavy atom. The van der Waals surface area contributed by atoms with Crippen LogP contribution in [0.5, 0.6) is 5.75 Å². The molecule has 1 aromatic rings. The average molecular weight is 255 g/mol. The number of phenolic OH excluding ortho intramolecular Hbond substituents is 1. The number of nitrogens with zero attached hydrogens (tertiary/aromatic N) is 1. The Balaban J connectivity index is 2.79. The van der Waals surface area contributed by atoms with Gasteiger partial charge in [0.05, 0.1) is 23.3 Å². The van der Waals surface area contributed by atoms with E-state index in [1.165, 1.54) is 13.2 Å². The van der Waals surface area contributed by atoms with Gasteiger partial charge >= 0.3 is 0 Å². The lowest BCUT2D eigenvalue weighted by atomic mass is 10.2. The number of hydrogen-bond donors (Lipinski definition) is 3. The van der Waals surface area contributed by atoms with Gasteiger partial charge in [0.1, 0.15) is 11.8 Å². The van der Waals surface area contributed by atoms with Gasteiger partial charge in [-0.05, 0) is 6.07 Å². The first-order valence-electron chi connectivity index (χ1n) is 4.98. The number of non-ortho nitro benzene ring substituents is 1. The summed E-state index contributed by atoms with van der Waals surface area (Å²) in [5.41, 5.74) is 5.26. The van der Waals surface area contributed by atoms with E-state index < -0.39 is 22.6 Å². The van der Waals surface area contributed by atoms with Crippen LogP contribution in [0.3, 0.4) is 0 Å². The van der Waals surface area contributed by atoms with Crippen LogP contribution in [0.4, 0.5) is 11.4 Å². The van der Waals surface area contributed by atoms with E-state index in [0.717, 1.165) is 12.1 Å². The molecule has 0 aliphatic heterocycles. The van der Waals surface area contributed by atoms with Crippen LogP contribution in [0.1, 0.15) is 0 Å². The molecule has 8 nitrogen and oxygen atoms in total. The van der Waals surface area contributed by atoms with E-state index >= 15 is 0 Å². The maximum atomic E-state index is 11.5. The Morgan fingerprint density at radius 1 is 1.67 bits per heavy atom. The van der Waals surface area contributed by atoms with Gasteiger partial charge in [-0.1, -0.05) is 0 Å². The van der Waals surface area contributed by atoms with Crippen LogP contribution >= 0.6 is 0 Å². The number of carbonyl (C=O) groups is 1. The number of methoxy groups -OCH3 is 1. The topological polar surface area (TPSA) is 128 Å². The molecule has 1 atom stereocenters. The van der Waals surface area contributed by atoms with Crippen molar-refractivity contribution in [2.45, 2.75) is 6.04 Å². The lowest BCUT2D eigenvalue weighted by molar-refractivity contribution is -0.384. The predicted octanol–water partition coefficient (Wildman–Crippen LogP) is 0.213. The number of nitrogens with two attached hydrogens (primary N) is 1. The first kappa shape index (κ1) is 13.9. The number of rotatable bonds is 5. The SMILES string of the molecule is COCC(N)C(=O)Nc1ccc([N+](=O)[O-])cc1O. The molecular weight excluding hydrogens is 242 g/mol. The average Bonchev–Trinajstić information content (AvgIpc) is 2.31.